The molecular weight excluding hydrogens is 215 g/mol. The number of thiol groups is 1. The van der Waals surface area contributed by atoms with E-state index in [9.17, 15) is 21.4 Å². The van der Waals surface area contributed by atoms with E-state index in [2.05, 4.69) is 16.5 Å². The molecule has 0 bridgehead atoms. The number of rotatable bonds is 2. The van der Waals surface area contributed by atoms with Crippen LogP contribution in [0.5, 0.6) is 0 Å². The molecule has 0 fully saturated rings. The predicted molar refractivity (Wildman–Crippen MR) is 28.7 cm³/mol. The Morgan fingerprint density at radius 3 is 1.50 bits per heavy atom. The van der Waals surface area contributed by atoms with Crippen LogP contribution in [-0.4, -0.2) is 21.4 Å². The van der Waals surface area contributed by atoms with E-state index in [-0.39, 0.29) is 29.6 Å². The summed E-state index contributed by atoms with van der Waals surface area (Å²) in [4.78, 5) is 0. The standard InChI is InChI=1S/Na.H2O6S3/c;1-8(2,3)9(4,5)6-7/h;7H,(H,1,2,3)/q+1;/p-1. The van der Waals surface area contributed by atoms with E-state index >= 15 is 0 Å². The van der Waals surface area contributed by atoms with Crippen LogP contribution in [0.25, 0.3) is 0 Å². The van der Waals surface area contributed by atoms with Crippen LogP contribution in [0.15, 0.2) is 0 Å². The molecule has 0 aromatic rings. The smallest absolute Gasteiger partial charge is 0.734 e. The van der Waals surface area contributed by atoms with Gasteiger partial charge in [0, 0.05) is 0 Å². The molecule has 0 heterocycles. The Kier molecular flexibility index (Phi) is 5.85. The van der Waals surface area contributed by atoms with E-state index in [1.165, 1.54) is 0 Å². The largest absolute Gasteiger partial charge is 1.00 e. The van der Waals surface area contributed by atoms with Crippen molar-refractivity contribution in [1.82, 2.24) is 0 Å². The second-order valence-electron chi connectivity index (χ2n) is 0.891. The van der Waals surface area contributed by atoms with Crippen LogP contribution in [-0.2, 0) is 21.9 Å². The minimum Gasteiger partial charge on any atom is -0.734 e. The van der Waals surface area contributed by atoms with Crippen LogP contribution in [0.4, 0.5) is 0 Å². The Labute approximate surface area is 85.1 Å². The van der Waals surface area contributed by atoms with E-state index in [4.69, 9.17) is 0 Å². The first kappa shape index (κ1) is 13.7. The molecule has 10 heteroatoms. The van der Waals surface area contributed by atoms with E-state index in [1.54, 1.807) is 0 Å². The van der Waals surface area contributed by atoms with Gasteiger partial charge in [0.05, 0.1) is 0 Å². The van der Waals surface area contributed by atoms with Gasteiger partial charge in [-0.1, -0.05) is 0 Å². The van der Waals surface area contributed by atoms with Crippen molar-refractivity contribution >= 4 is 31.2 Å². The molecule has 0 atom stereocenters. The fraction of sp³-hybridized carbons (Fsp3) is 0. The maximum Gasteiger partial charge on any atom is 1.00 e. The van der Waals surface area contributed by atoms with Crippen molar-refractivity contribution in [2.75, 3.05) is 0 Å². The molecule has 0 N–H and O–H groups in total. The van der Waals surface area contributed by atoms with Gasteiger partial charge in [0.25, 0.3) is 0 Å². The molecule has 0 rings (SSSR count). The fourth-order valence-electron chi connectivity index (χ4n) is 0.0373. The van der Waals surface area contributed by atoms with E-state index in [1.807, 2.05) is 0 Å². The van der Waals surface area contributed by atoms with Gasteiger partial charge in [-0.25, -0.2) is 8.42 Å². The first-order valence-electron chi connectivity index (χ1n) is 1.35. The summed E-state index contributed by atoms with van der Waals surface area (Å²) in [5.74, 6) is 0. The summed E-state index contributed by atoms with van der Waals surface area (Å²) in [6.45, 7) is 0. The quantitative estimate of drug-likeness (QED) is 0.164. The maximum atomic E-state index is 9.82. The van der Waals surface area contributed by atoms with Crippen molar-refractivity contribution in [3.05, 3.63) is 0 Å². The summed E-state index contributed by atoms with van der Waals surface area (Å²) in [7, 11) is -10.5. The molecule has 0 aromatic heterocycles. The van der Waals surface area contributed by atoms with E-state index in [0.29, 0.717) is 0 Å². The molecule has 0 spiro atoms. The van der Waals surface area contributed by atoms with Crippen molar-refractivity contribution in [1.29, 1.82) is 0 Å². The second-order valence-corrected chi connectivity index (χ2v) is 5.57. The number of hydrogen-bond donors (Lipinski definition) is 1. The molecule has 6 nitrogen and oxygen atoms in total. The van der Waals surface area contributed by atoms with Crippen molar-refractivity contribution in [3.63, 3.8) is 0 Å². The summed E-state index contributed by atoms with van der Waals surface area (Å²) in [5.41, 5.74) is 0. The van der Waals surface area contributed by atoms with Crippen LogP contribution in [0.3, 0.4) is 0 Å². The van der Waals surface area contributed by atoms with Crippen molar-refractivity contribution in [3.8, 4) is 0 Å². The topological polar surface area (TPSA) is 101 Å². The van der Waals surface area contributed by atoms with Gasteiger partial charge in [-0.2, -0.15) is 12.0 Å². The van der Waals surface area contributed by atoms with Gasteiger partial charge >= 0.3 is 38.7 Å². The molecule has 56 valence electrons. The third-order valence-corrected chi connectivity index (χ3v) is 3.62. The molecule has 0 amide bonds. The minimum absolute atomic E-state index is 0. The SMILES string of the molecule is O=S(=O)([O-])S(=O)(=O)OS.[Na+]. The van der Waals surface area contributed by atoms with Gasteiger partial charge < -0.3 is 4.55 Å². The molecular formula is HNaO6S3. The van der Waals surface area contributed by atoms with Gasteiger partial charge in [0.15, 0.2) is 0 Å². The number of hydrogen-bond acceptors (Lipinski definition) is 7. The zero-order valence-electron chi connectivity index (χ0n) is 4.71. The molecule has 0 unspecified atom stereocenters. The Hall–Kier alpha value is 1.17. The van der Waals surface area contributed by atoms with Crippen molar-refractivity contribution in [2.45, 2.75) is 0 Å². The minimum atomic E-state index is -5.43. The average molecular weight is 216 g/mol. The van der Waals surface area contributed by atoms with Gasteiger partial charge in [-0.05, 0) is 12.9 Å². The summed E-state index contributed by atoms with van der Waals surface area (Å²) in [5, 5.41) is 0. The summed E-state index contributed by atoms with van der Waals surface area (Å²) in [6.07, 6.45) is 0. The average Bonchev–Trinajstić information content (AvgIpc) is 1.64. The zero-order chi connectivity index (χ0) is 7.71. The fourth-order valence-corrected chi connectivity index (χ4v) is 1.01. The molecule has 10 heavy (non-hydrogen) atoms. The Balaban J connectivity index is 0. The van der Waals surface area contributed by atoms with Gasteiger partial charge in [0.1, 0.15) is 0 Å². The maximum absolute atomic E-state index is 9.82. The molecule has 0 saturated carbocycles. The van der Waals surface area contributed by atoms with Gasteiger partial charge in [-0.15, -0.1) is 0 Å². The summed E-state index contributed by atoms with van der Waals surface area (Å²) < 4.78 is 51.4. The van der Waals surface area contributed by atoms with E-state index in [0.717, 1.165) is 0 Å². The third-order valence-electron chi connectivity index (χ3n) is 0.341. The van der Waals surface area contributed by atoms with Gasteiger partial charge in [-0.3, -0.25) is 0 Å². The van der Waals surface area contributed by atoms with Crippen LogP contribution >= 0.6 is 12.9 Å². The first-order valence-corrected chi connectivity index (χ1v) is 5.05. The zero-order valence-corrected chi connectivity index (χ0v) is 9.24. The van der Waals surface area contributed by atoms with Crippen LogP contribution < -0.4 is 29.6 Å². The third kappa shape index (κ3) is 3.53. The Morgan fingerprint density at radius 2 is 1.50 bits per heavy atom. The Bertz CT molecular complexity index is 268. The van der Waals surface area contributed by atoms with Crippen molar-refractivity contribution < 1.29 is 54.6 Å². The molecule has 0 saturated heterocycles. The van der Waals surface area contributed by atoms with Gasteiger partial charge in [0.2, 0.25) is 9.15 Å². The first-order chi connectivity index (χ1) is 3.81. The molecule has 0 aromatic carbocycles. The second kappa shape index (κ2) is 4.26. The Morgan fingerprint density at radius 1 is 1.20 bits per heavy atom. The van der Waals surface area contributed by atoms with Crippen molar-refractivity contribution in [2.24, 2.45) is 0 Å². The monoisotopic (exact) mass is 216 g/mol. The van der Waals surface area contributed by atoms with Crippen LogP contribution in [0.1, 0.15) is 0 Å². The predicted octanol–water partition coefficient (Wildman–Crippen LogP) is -4.36. The van der Waals surface area contributed by atoms with Crippen LogP contribution in [0.2, 0.25) is 0 Å². The summed E-state index contributed by atoms with van der Waals surface area (Å²) >= 11 is 2.63. The normalized spacial score (nSPS) is 12.2. The molecule has 0 aliphatic rings. The van der Waals surface area contributed by atoms with E-state index < -0.39 is 18.3 Å². The molecule has 0 aliphatic heterocycles. The summed E-state index contributed by atoms with van der Waals surface area (Å²) in [6, 6.07) is 0. The molecule has 0 radical (unpaired) electrons. The molecule has 0 aliphatic carbocycles. The van der Waals surface area contributed by atoms with Crippen LogP contribution in [0, 0.1) is 0 Å².